The zero-order chi connectivity index (χ0) is 17.3. The van der Waals surface area contributed by atoms with E-state index in [1.54, 1.807) is 20.3 Å². The number of nitrogens with zero attached hydrogens (tertiary/aromatic N) is 1. The molecule has 3 aromatic rings. The number of nitrogens with one attached hydrogen (secondary N) is 1. The molecule has 4 nitrogen and oxygen atoms in total. The van der Waals surface area contributed by atoms with Crippen molar-refractivity contribution in [3.8, 4) is 0 Å². The van der Waals surface area contributed by atoms with Gasteiger partial charge in [0, 0.05) is 36.7 Å². The van der Waals surface area contributed by atoms with Crippen LogP contribution in [0.1, 0.15) is 16.7 Å². The van der Waals surface area contributed by atoms with Gasteiger partial charge in [-0.1, -0.05) is 12.1 Å². The SMILES string of the molecule is COC(CN=Cc1cc(C)c2[nH]c3c(F)cccc3c2c1C)OC. The predicted octanol–water partition coefficient (Wildman–Crippen LogP) is 4.11. The van der Waals surface area contributed by atoms with E-state index in [1.165, 1.54) is 6.07 Å². The van der Waals surface area contributed by atoms with Crippen molar-refractivity contribution in [2.45, 2.75) is 20.1 Å². The number of para-hydroxylation sites is 1. The summed E-state index contributed by atoms with van der Waals surface area (Å²) in [6.45, 7) is 4.47. The van der Waals surface area contributed by atoms with Gasteiger partial charge in [-0.25, -0.2) is 4.39 Å². The Morgan fingerprint density at radius 2 is 1.96 bits per heavy atom. The molecule has 0 aliphatic heterocycles. The van der Waals surface area contributed by atoms with E-state index in [0.717, 1.165) is 33.0 Å². The van der Waals surface area contributed by atoms with E-state index in [4.69, 9.17) is 9.47 Å². The molecule has 0 spiro atoms. The third-order valence-corrected chi connectivity index (χ3v) is 4.37. The van der Waals surface area contributed by atoms with Crippen LogP contribution in [0.25, 0.3) is 21.8 Å². The molecule has 0 aliphatic carbocycles. The number of aliphatic imine (C=N–C) groups is 1. The highest BCUT2D eigenvalue weighted by molar-refractivity contribution is 6.12. The summed E-state index contributed by atoms with van der Waals surface area (Å²) in [4.78, 5) is 7.63. The molecule has 3 rings (SSSR count). The van der Waals surface area contributed by atoms with Gasteiger partial charge in [0.25, 0.3) is 0 Å². The van der Waals surface area contributed by atoms with Crippen LogP contribution in [0.4, 0.5) is 4.39 Å². The molecule has 0 unspecified atom stereocenters. The molecular weight excluding hydrogens is 307 g/mol. The molecule has 0 atom stereocenters. The molecule has 126 valence electrons. The minimum absolute atomic E-state index is 0.235. The number of ether oxygens (including phenoxy) is 2. The largest absolute Gasteiger partial charge is 0.354 e. The normalized spacial score (nSPS) is 12.2. The molecule has 1 N–H and O–H groups in total. The van der Waals surface area contributed by atoms with Crippen molar-refractivity contribution >= 4 is 28.0 Å². The van der Waals surface area contributed by atoms with Gasteiger partial charge in [-0.15, -0.1) is 0 Å². The maximum Gasteiger partial charge on any atom is 0.176 e. The molecule has 1 heterocycles. The van der Waals surface area contributed by atoms with Crippen molar-refractivity contribution in [1.82, 2.24) is 4.98 Å². The highest BCUT2D eigenvalue weighted by Gasteiger charge is 2.14. The lowest BCUT2D eigenvalue weighted by atomic mass is 9.99. The Morgan fingerprint density at radius 3 is 2.67 bits per heavy atom. The van der Waals surface area contributed by atoms with Gasteiger partial charge >= 0.3 is 0 Å². The molecule has 0 bridgehead atoms. The minimum Gasteiger partial charge on any atom is -0.354 e. The molecule has 1 aromatic heterocycles. The number of hydrogen-bond acceptors (Lipinski definition) is 3. The lowest BCUT2D eigenvalue weighted by molar-refractivity contribution is -0.0936. The number of methoxy groups -OCH3 is 2. The summed E-state index contributed by atoms with van der Waals surface area (Å²) >= 11 is 0. The second-order valence-electron chi connectivity index (χ2n) is 5.84. The first-order valence-electron chi connectivity index (χ1n) is 7.82. The van der Waals surface area contributed by atoms with Gasteiger partial charge < -0.3 is 14.5 Å². The van der Waals surface area contributed by atoms with Crippen molar-refractivity contribution in [3.63, 3.8) is 0 Å². The van der Waals surface area contributed by atoms with Crippen LogP contribution < -0.4 is 0 Å². The first-order chi connectivity index (χ1) is 11.6. The number of hydrogen-bond donors (Lipinski definition) is 1. The Bertz CT molecular complexity index is 911. The number of fused-ring (bicyclic) bond motifs is 3. The van der Waals surface area contributed by atoms with Crippen molar-refractivity contribution in [2.24, 2.45) is 4.99 Å². The fraction of sp³-hybridized carbons (Fsp3) is 0.316. The molecule has 0 saturated carbocycles. The Hall–Kier alpha value is -2.24. The van der Waals surface area contributed by atoms with Gasteiger partial charge in [0.1, 0.15) is 5.82 Å². The maximum absolute atomic E-state index is 14.1. The number of aromatic amines is 1. The third-order valence-electron chi connectivity index (χ3n) is 4.37. The molecule has 24 heavy (non-hydrogen) atoms. The van der Waals surface area contributed by atoms with Crippen molar-refractivity contribution in [3.05, 3.63) is 46.8 Å². The van der Waals surface area contributed by atoms with Gasteiger partial charge in [0.15, 0.2) is 6.29 Å². The number of H-pyrrole nitrogens is 1. The first-order valence-corrected chi connectivity index (χ1v) is 7.82. The molecule has 0 amide bonds. The fourth-order valence-electron chi connectivity index (χ4n) is 3.04. The molecule has 0 fully saturated rings. The number of halogens is 1. The van der Waals surface area contributed by atoms with Crippen LogP contribution in [0.2, 0.25) is 0 Å². The van der Waals surface area contributed by atoms with E-state index in [9.17, 15) is 4.39 Å². The summed E-state index contributed by atoms with van der Waals surface area (Å²) in [6.07, 6.45) is 1.47. The monoisotopic (exact) mass is 328 g/mol. The van der Waals surface area contributed by atoms with Gasteiger partial charge in [-0.3, -0.25) is 4.99 Å². The van der Waals surface area contributed by atoms with E-state index in [0.29, 0.717) is 12.1 Å². The van der Waals surface area contributed by atoms with Gasteiger partial charge in [-0.05, 0) is 42.7 Å². The summed E-state index contributed by atoms with van der Waals surface area (Å²) in [6, 6.07) is 7.21. The second-order valence-corrected chi connectivity index (χ2v) is 5.84. The average Bonchev–Trinajstić information content (AvgIpc) is 2.98. The van der Waals surface area contributed by atoms with E-state index in [-0.39, 0.29) is 12.1 Å². The number of aryl methyl sites for hydroxylation is 2. The quantitative estimate of drug-likeness (QED) is 0.566. The van der Waals surface area contributed by atoms with E-state index < -0.39 is 0 Å². The van der Waals surface area contributed by atoms with Gasteiger partial charge in [0.05, 0.1) is 12.1 Å². The van der Waals surface area contributed by atoms with Crippen LogP contribution >= 0.6 is 0 Å². The minimum atomic E-state index is -0.353. The topological polar surface area (TPSA) is 46.6 Å². The molecule has 2 aromatic carbocycles. The first kappa shape index (κ1) is 16.6. The number of rotatable bonds is 5. The smallest absolute Gasteiger partial charge is 0.176 e. The Balaban J connectivity index is 2.11. The lowest BCUT2D eigenvalue weighted by Gasteiger charge is -2.10. The maximum atomic E-state index is 14.1. The average molecular weight is 328 g/mol. The van der Waals surface area contributed by atoms with Crippen LogP contribution in [0.3, 0.4) is 0 Å². The van der Waals surface area contributed by atoms with Crippen LogP contribution in [-0.4, -0.2) is 38.3 Å². The van der Waals surface area contributed by atoms with Crippen molar-refractivity contribution < 1.29 is 13.9 Å². The molecule has 0 saturated heterocycles. The number of aromatic nitrogens is 1. The third kappa shape index (κ3) is 2.81. The summed E-state index contributed by atoms with van der Waals surface area (Å²) in [7, 11) is 3.18. The van der Waals surface area contributed by atoms with Crippen molar-refractivity contribution in [1.29, 1.82) is 0 Å². The zero-order valence-corrected chi connectivity index (χ0v) is 14.3. The Kier molecular flexibility index (Phi) is 4.64. The summed E-state index contributed by atoms with van der Waals surface area (Å²) in [5.41, 5.74) is 4.66. The molecule has 0 radical (unpaired) electrons. The molecule has 5 heteroatoms. The summed E-state index contributed by atoms with van der Waals surface area (Å²) in [5.74, 6) is -0.235. The van der Waals surface area contributed by atoms with E-state index in [2.05, 4.69) is 16.0 Å². The van der Waals surface area contributed by atoms with Crippen LogP contribution in [0.5, 0.6) is 0 Å². The second kappa shape index (κ2) is 6.71. The Labute approximate surface area is 140 Å². The summed E-state index contributed by atoms with van der Waals surface area (Å²) < 4.78 is 24.3. The van der Waals surface area contributed by atoms with E-state index >= 15 is 0 Å². The van der Waals surface area contributed by atoms with Crippen LogP contribution in [0.15, 0.2) is 29.3 Å². The van der Waals surface area contributed by atoms with Crippen molar-refractivity contribution in [2.75, 3.05) is 20.8 Å². The van der Waals surface area contributed by atoms with Crippen LogP contribution in [0, 0.1) is 19.7 Å². The Morgan fingerprint density at radius 1 is 1.21 bits per heavy atom. The fourth-order valence-corrected chi connectivity index (χ4v) is 3.04. The number of benzene rings is 2. The van der Waals surface area contributed by atoms with Crippen LogP contribution in [-0.2, 0) is 9.47 Å². The summed E-state index contributed by atoms with van der Waals surface area (Å²) in [5, 5.41) is 1.94. The highest BCUT2D eigenvalue weighted by atomic mass is 19.1. The molecule has 0 aliphatic rings. The lowest BCUT2D eigenvalue weighted by Crippen LogP contribution is -2.16. The highest BCUT2D eigenvalue weighted by Crippen LogP contribution is 2.32. The van der Waals surface area contributed by atoms with Gasteiger partial charge in [-0.2, -0.15) is 0 Å². The zero-order valence-electron chi connectivity index (χ0n) is 14.3. The molecular formula is C19H21FN2O2. The standard InChI is InChI=1S/C19H21FN2O2/c1-11-8-13(9-21-10-16(23-3)24-4)12(2)17-14-6-5-7-15(20)19(14)22-18(11)17/h5-9,16,22H,10H2,1-4H3. The van der Waals surface area contributed by atoms with E-state index in [1.807, 2.05) is 26.1 Å². The predicted molar refractivity (Wildman–Crippen MR) is 95.5 cm³/mol. The van der Waals surface area contributed by atoms with Gasteiger partial charge in [0.2, 0.25) is 0 Å².